The van der Waals surface area contributed by atoms with Crippen LogP contribution < -0.4 is 10.2 Å². The van der Waals surface area contributed by atoms with Crippen LogP contribution in [0.5, 0.6) is 0 Å². The fraction of sp³-hybridized carbons (Fsp3) is 0.333. The third-order valence-corrected chi connectivity index (χ3v) is 5.98. The molecule has 0 saturated carbocycles. The zero-order valence-corrected chi connectivity index (χ0v) is 17.6. The van der Waals surface area contributed by atoms with Gasteiger partial charge in [-0.25, -0.2) is 4.79 Å². The van der Waals surface area contributed by atoms with Crippen molar-refractivity contribution < 1.29 is 14.4 Å². The molecule has 1 saturated heterocycles. The molecule has 2 aliphatic rings. The van der Waals surface area contributed by atoms with Crippen molar-refractivity contribution in [2.24, 2.45) is 0 Å². The molecule has 1 aliphatic heterocycles. The van der Waals surface area contributed by atoms with E-state index in [9.17, 15) is 14.4 Å². The van der Waals surface area contributed by atoms with Gasteiger partial charge in [0, 0.05) is 12.2 Å². The van der Waals surface area contributed by atoms with E-state index in [1.54, 1.807) is 0 Å². The predicted octanol–water partition coefficient (Wildman–Crippen LogP) is 2.94. The maximum atomic E-state index is 13.3. The smallest absolute Gasteiger partial charge is 0.319 e. The molecule has 2 aromatic carbocycles. The lowest BCUT2D eigenvalue weighted by Gasteiger charge is -2.25. The number of nitriles is 1. The van der Waals surface area contributed by atoms with Crippen molar-refractivity contribution in [3.05, 3.63) is 64.7 Å². The molecule has 1 fully saturated rings. The Morgan fingerprint density at radius 2 is 1.90 bits per heavy atom. The van der Waals surface area contributed by atoms with Gasteiger partial charge >= 0.3 is 6.03 Å². The molecular formula is C24H24N4O3. The monoisotopic (exact) mass is 416 g/mol. The van der Waals surface area contributed by atoms with Gasteiger partial charge in [0.25, 0.3) is 5.91 Å². The van der Waals surface area contributed by atoms with Crippen LogP contribution >= 0.6 is 0 Å². The Balaban J connectivity index is 1.60. The van der Waals surface area contributed by atoms with E-state index >= 15 is 0 Å². The highest BCUT2D eigenvalue weighted by molar-refractivity contribution is 6.11. The minimum atomic E-state index is -1.09. The molecule has 1 N–H and O–H groups in total. The van der Waals surface area contributed by atoms with Crippen LogP contribution in [0.25, 0.3) is 0 Å². The second-order valence-corrected chi connectivity index (χ2v) is 8.18. The molecule has 1 aliphatic carbocycles. The Bertz CT molecular complexity index is 1100. The van der Waals surface area contributed by atoms with Gasteiger partial charge in [0.05, 0.1) is 12.5 Å². The van der Waals surface area contributed by atoms with E-state index in [-0.39, 0.29) is 19.5 Å². The summed E-state index contributed by atoms with van der Waals surface area (Å²) in [5.41, 5.74) is 3.38. The predicted molar refractivity (Wildman–Crippen MR) is 115 cm³/mol. The molecule has 4 amide bonds. The van der Waals surface area contributed by atoms with Crippen LogP contribution in [0.1, 0.15) is 35.1 Å². The third kappa shape index (κ3) is 3.55. The number of anilines is 1. The van der Waals surface area contributed by atoms with E-state index < -0.39 is 23.4 Å². The summed E-state index contributed by atoms with van der Waals surface area (Å²) >= 11 is 0. The molecule has 1 unspecified atom stereocenters. The number of nitrogens with zero attached hydrogens (tertiary/aromatic N) is 3. The highest BCUT2D eigenvalue weighted by Gasteiger charge is 2.55. The number of hydrogen-bond acceptors (Lipinski definition) is 4. The molecule has 7 heteroatoms. The van der Waals surface area contributed by atoms with Crippen molar-refractivity contribution in [1.82, 2.24) is 10.2 Å². The van der Waals surface area contributed by atoms with Gasteiger partial charge in [0.15, 0.2) is 0 Å². The Morgan fingerprint density at radius 3 is 2.61 bits per heavy atom. The summed E-state index contributed by atoms with van der Waals surface area (Å²) in [6, 6.07) is 14.8. The van der Waals surface area contributed by atoms with Crippen LogP contribution in [0.3, 0.4) is 0 Å². The van der Waals surface area contributed by atoms with Gasteiger partial charge in [-0.3, -0.25) is 14.5 Å². The summed E-state index contributed by atoms with van der Waals surface area (Å²) in [6.07, 6.45) is 1.33. The number of amides is 4. The minimum absolute atomic E-state index is 0.149. The summed E-state index contributed by atoms with van der Waals surface area (Å²) in [4.78, 5) is 41.8. The van der Waals surface area contributed by atoms with Crippen molar-refractivity contribution >= 4 is 23.5 Å². The number of urea groups is 1. The van der Waals surface area contributed by atoms with Crippen molar-refractivity contribution in [2.45, 2.75) is 38.6 Å². The molecule has 158 valence electrons. The topological polar surface area (TPSA) is 93.5 Å². The van der Waals surface area contributed by atoms with Gasteiger partial charge in [-0.15, -0.1) is 0 Å². The van der Waals surface area contributed by atoms with Crippen molar-refractivity contribution in [3.8, 4) is 6.07 Å². The van der Waals surface area contributed by atoms with E-state index in [4.69, 9.17) is 5.26 Å². The van der Waals surface area contributed by atoms with Crippen LogP contribution in [-0.2, 0) is 21.5 Å². The number of rotatable bonds is 5. The molecule has 31 heavy (non-hydrogen) atoms. The molecule has 0 radical (unpaired) electrons. The van der Waals surface area contributed by atoms with Gasteiger partial charge in [-0.05, 0) is 61.1 Å². The number of carbonyl (C=O) groups is 3. The molecule has 1 spiro atoms. The summed E-state index contributed by atoms with van der Waals surface area (Å²) in [7, 11) is 0. The molecule has 1 heterocycles. The first-order chi connectivity index (χ1) is 14.9. The standard InChI is InChI=1S/C24H24N4O3/c1-16-12-17(2)14-19(13-16)27(11-5-10-25)21(29)15-28-22(30)24(26-23(28)31)9-8-18-6-3-4-7-20(18)24/h3-4,6-7,12-14H,5,8-9,11,15H2,1-2H3,(H,26,31). The Kier molecular flexibility index (Phi) is 5.24. The van der Waals surface area contributed by atoms with Crippen molar-refractivity contribution in [3.63, 3.8) is 0 Å². The van der Waals surface area contributed by atoms with Gasteiger partial charge < -0.3 is 10.2 Å². The quantitative estimate of drug-likeness (QED) is 0.759. The third-order valence-electron chi connectivity index (χ3n) is 5.98. The lowest BCUT2D eigenvalue weighted by molar-refractivity contribution is -0.134. The van der Waals surface area contributed by atoms with Crippen LogP contribution in [0.2, 0.25) is 0 Å². The number of imide groups is 1. The van der Waals surface area contributed by atoms with E-state index in [0.717, 1.165) is 27.2 Å². The second kappa shape index (κ2) is 7.88. The zero-order valence-electron chi connectivity index (χ0n) is 17.6. The van der Waals surface area contributed by atoms with Gasteiger partial charge in [0.2, 0.25) is 5.91 Å². The molecule has 0 aromatic heterocycles. The van der Waals surface area contributed by atoms with E-state index in [0.29, 0.717) is 18.5 Å². The summed E-state index contributed by atoms with van der Waals surface area (Å²) in [6.45, 7) is 3.69. The van der Waals surface area contributed by atoms with Crippen LogP contribution in [0, 0.1) is 25.2 Å². The largest absolute Gasteiger partial charge is 0.325 e. The van der Waals surface area contributed by atoms with Gasteiger partial charge in [-0.1, -0.05) is 30.3 Å². The van der Waals surface area contributed by atoms with Crippen LogP contribution in [-0.4, -0.2) is 35.8 Å². The second-order valence-electron chi connectivity index (χ2n) is 8.18. The highest BCUT2D eigenvalue weighted by atomic mass is 16.2. The van der Waals surface area contributed by atoms with E-state index in [1.807, 2.05) is 56.3 Å². The first-order valence-corrected chi connectivity index (χ1v) is 10.3. The van der Waals surface area contributed by atoms with E-state index in [1.165, 1.54) is 4.90 Å². The molecule has 1 atom stereocenters. The summed E-state index contributed by atoms with van der Waals surface area (Å²) < 4.78 is 0. The molecule has 0 bridgehead atoms. The minimum Gasteiger partial charge on any atom is -0.319 e. The first kappa shape index (κ1) is 20.6. The number of fused-ring (bicyclic) bond motifs is 2. The highest BCUT2D eigenvalue weighted by Crippen LogP contribution is 2.41. The number of aryl methyl sites for hydroxylation is 3. The van der Waals surface area contributed by atoms with Crippen molar-refractivity contribution in [2.75, 3.05) is 18.0 Å². The fourth-order valence-corrected chi connectivity index (χ4v) is 4.62. The number of hydrogen-bond donors (Lipinski definition) is 1. The number of nitrogens with one attached hydrogen (secondary N) is 1. The Hall–Kier alpha value is -3.66. The molecular weight excluding hydrogens is 392 g/mol. The first-order valence-electron chi connectivity index (χ1n) is 10.3. The van der Waals surface area contributed by atoms with Crippen molar-refractivity contribution in [1.29, 1.82) is 5.26 Å². The number of benzene rings is 2. The SMILES string of the molecule is Cc1cc(C)cc(N(CCC#N)C(=O)CN2C(=O)NC3(CCc4ccccc43)C2=O)c1. The summed E-state index contributed by atoms with van der Waals surface area (Å²) in [5.74, 6) is -0.788. The van der Waals surface area contributed by atoms with E-state index in [2.05, 4.69) is 11.4 Å². The summed E-state index contributed by atoms with van der Waals surface area (Å²) in [5, 5.41) is 11.9. The normalized spacial score (nSPS) is 19.3. The maximum Gasteiger partial charge on any atom is 0.325 e. The molecule has 4 rings (SSSR count). The zero-order chi connectivity index (χ0) is 22.2. The maximum absolute atomic E-state index is 13.3. The molecule has 2 aromatic rings. The number of carbonyl (C=O) groups excluding carboxylic acids is 3. The average Bonchev–Trinajstić information content (AvgIpc) is 3.21. The van der Waals surface area contributed by atoms with Gasteiger partial charge in [0.1, 0.15) is 12.1 Å². The lowest BCUT2D eigenvalue weighted by Crippen LogP contribution is -2.45. The van der Waals surface area contributed by atoms with Crippen LogP contribution in [0.4, 0.5) is 10.5 Å². The fourth-order valence-electron chi connectivity index (χ4n) is 4.62. The molecule has 7 nitrogen and oxygen atoms in total. The van der Waals surface area contributed by atoms with Gasteiger partial charge in [-0.2, -0.15) is 5.26 Å². The Morgan fingerprint density at radius 1 is 1.19 bits per heavy atom. The Labute approximate surface area is 181 Å². The van der Waals surface area contributed by atoms with Crippen LogP contribution in [0.15, 0.2) is 42.5 Å². The average molecular weight is 416 g/mol. The lowest BCUT2D eigenvalue weighted by atomic mass is 9.92.